The summed E-state index contributed by atoms with van der Waals surface area (Å²) < 4.78 is 0. The lowest BCUT2D eigenvalue weighted by Gasteiger charge is -2.15. The van der Waals surface area contributed by atoms with Crippen LogP contribution in [-0.2, 0) is 0 Å². The van der Waals surface area contributed by atoms with Crippen LogP contribution in [0.4, 0.5) is 0 Å². The number of rotatable bonds is 9. The molecule has 0 saturated heterocycles. The monoisotopic (exact) mass is 420 g/mol. The maximum absolute atomic E-state index is 5.89. The first-order valence-corrected chi connectivity index (χ1v) is 10.4. The number of aliphatic imine (C=N–C) groups is 2. The van der Waals surface area contributed by atoms with Crippen LogP contribution in [0, 0.1) is 0 Å². The second-order valence-electron chi connectivity index (χ2n) is 6.16. The van der Waals surface area contributed by atoms with Crippen molar-refractivity contribution in [2.24, 2.45) is 15.7 Å². The number of hydrogen-bond donors (Lipinski definition) is 3. The van der Waals surface area contributed by atoms with Crippen molar-refractivity contribution in [1.29, 1.82) is 0 Å². The molecule has 0 bridgehead atoms. The van der Waals surface area contributed by atoms with Gasteiger partial charge in [0.05, 0.1) is 0 Å². The quantitative estimate of drug-likeness (QED) is 0.407. The van der Waals surface area contributed by atoms with Crippen molar-refractivity contribution in [2.75, 3.05) is 7.05 Å². The minimum absolute atomic E-state index is 0.338. The van der Waals surface area contributed by atoms with E-state index in [2.05, 4.69) is 56.5 Å². The van der Waals surface area contributed by atoms with Crippen molar-refractivity contribution < 1.29 is 0 Å². The van der Waals surface area contributed by atoms with Gasteiger partial charge in [-0.15, -0.1) is 0 Å². The fourth-order valence-electron chi connectivity index (χ4n) is 2.43. The van der Waals surface area contributed by atoms with E-state index < -0.39 is 0 Å². The lowest BCUT2D eigenvalue weighted by Crippen LogP contribution is -2.36. The summed E-state index contributed by atoms with van der Waals surface area (Å²) in [5, 5.41) is 6.53. The second kappa shape index (κ2) is 13.0. The van der Waals surface area contributed by atoms with Crippen LogP contribution < -0.4 is 16.4 Å². The first-order valence-electron chi connectivity index (χ1n) is 9.55. The van der Waals surface area contributed by atoms with Crippen LogP contribution in [0.1, 0.15) is 19.8 Å². The van der Waals surface area contributed by atoms with Gasteiger partial charge in [0.2, 0.25) is 0 Å². The Morgan fingerprint density at radius 1 is 1.33 bits per heavy atom. The van der Waals surface area contributed by atoms with Crippen LogP contribution in [0.15, 0.2) is 111 Å². The molecule has 0 unspecified atom stereocenters. The average molecular weight is 421 g/mol. The van der Waals surface area contributed by atoms with Gasteiger partial charge in [-0.3, -0.25) is 15.0 Å². The van der Waals surface area contributed by atoms with E-state index in [0.29, 0.717) is 12.4 Å². The van der Waals surface area contributed by atoms with Crippen LogP contribution >= 0.6 is 11.8 Å². The summed E-state index contributed by atoms with van der Waals surface area (Å²) in [6.45, 7) is 5.59. The zero-order chi connectivity index (χ0) is 21.6. The van der Waals surface area contributed by atoms with Gasteiger partial charge in [0.1, 0.15) is 5.82 Å². The van der Waals surface area contributed by atoms with E-state index in [9.17, 15) is 0 Å². The molecule has 1 aromatic heterocycles. The maximum Gasteiger partial charge on any atom is 0.193 e. The molecule has 4 N–H and O–H groups in total. The third-order valence-corrected chi connectivity index (χ3v) is 5.03. The van der Waals surface area contributed by atoms with E-state index in [1.54, 1.807) is 37.4 Å². The molecule has 30 heavy (non-hydrogen) atoms. The molecular weight excluding hydrogens is 392 g/mol. The molecule has 0 spiro atoms. The Hall–Kier alpha value is -3.32. The zero-order valence-corrected chi connectivity index (χ0v) is 18.2. The molecule has 0 aliphatic heterocycles. The van der Waals surface area contributed by atoms with Gasteiger partial charge in [-0.1, -0.05) is 36.6 Å². The fourth-order valence-corrected chi connectivity index (χ4v) is 3.26. The van der Waals surface area contributed by atoms with Crippen molar-refractivity contribution in [2.45, 2.75) is 24.7 Å². The molecule has 1 heterocycles. The van der Waals surface area contributed by atoms with E-state index >= 15 is 0 Å². The van der Waals surface area contributed by atoms with Crippen LogP contribution in [0.25, 0.3) is 0 Å². The Labute approximate surface area is 182 Å². The third-order valence-electron chi connectivity index (χ3n) is 4.01. The first kappa shape index (κ1) is 23.0. The van der Waals surface area contributed by atoms with Crippen molar-refractivity contribution in [3.63, 3.8) is 0 Å². The molecule has 156 valence electrons. The van der Waals surface area contributed by atoms with Gasteiger partial charge in [0.25, 0.3) is 0 Å². The molecule has 1 aliphatic rings. The topological polar surface area (TPSA) is 87.7 Å². The van der Waals surface area contributed by atoms with E-state index in [1.165, 1.54) is 6.20 Å². The van der Waals surface area contributed by atoms with Gasteiger partial charge in [-0.2, -0.15) is 0 Å². The molecule has 0 aromatic carbocycles. The number of allylic oxidation sites excluding steroid dienone is 7. The predicted molar refractivity (Wildman–Crippen MR) is 129 cm³/mol. The highest BCUT2D eigenvalue weighted by molar-refractivity contribution is 8.03. The summed E-state index contributed by atoms with van der Waals surface area (Å²) >= 11 is 1.70. The van der Waals surface area contributed by atoms with Gasteiger partial charge in [0.15, 0.2) is 5.96 Å². The highest BCUT2D eigenvalue weighted by Gasteiger charge is 2.05. The summed E-state index contributed by atoms with van der Waals surface area (Å²) in [6, 6.07) is 4.00. The molecule has 1 aliphatic carbocycles. The molecule has 0 saturated carbocycles. The average Bonchev–Trinajstić information content (AvgIpc) is 2.99. The van der Waals surface area contributed by atoms with Gasteiger partial charge in [0, 0.05) is 53.8 Å². The highest BCUT2D eigenvalue weighted by atomic mass is 32.2. The minimum atomic E-state index is 0.338. The molecule has 0 atom stereocenters. The van der Waals surface area contributed by atoms with Crippen LogP contribution in [0.2, 0.25) is 0 Å². The Balaban J connectivity index is 2.13. The Kier molecular flexibility index (Phi) is 9.96. The molecule has 7 heteroatoms. The fraction of sp³-hybridized carbons (Fsp3) is 0.174. The normalized spacial score (nSPS) is 15.5. The Bertz CT molecular complexity index is 920. The van der Waals surface area contributed by atoms with Gasteiger partial charge < -0.3 is 16.4 Å². The van der Waals surface area contributed by atoms with E-state index in [0.717, 1.165) is 33.3 Å². The second-order valence-corrected chi connectivity index (χ2v) is 7.30. The summed E-state index contributed by atoms with van der Waals surface area (Å²) in [7, 11) is 1.65. The molecule has 6 nitrogen and oxygen atoms in total. The summed E-state index contributed by atoms with van der Waals surface area (Å²) in [6.07, 6.45) is 20.8. The zero-order valence-electron chi connectivity index (χ0n) is 17.4. The SMILES string of the molecule is C=CN=C/C(=C\C)C/C=C(/NC1=CC=C(Sc2ccncc2)C=CC1)NC(N)=NC. The Morgan fingerprint density at radius 2 is 2.13 bits per heavy atom. The molecule has 0 radical (unpaired) electrons. The number of aromatic nitrogens is 1. The smallest absolute Gasteiger partial charge is 0.193 e. The number of thioether (sulfide) groups is 1. The van der Waals surface area contributed by atoms with Gasteiger partial charge >= 0.3 is 0 Å². The highest BCUT2D eigenvalue weighted by Crippen LogP contribution is 2.28. The number of pyridine rings is 1. The maximum atomic E-state index is 5.89. The lowest BCUT2D eigenvalue weighted by molar-refractivity contribution is 0.847. The summed E-state index contributed by atoms with van der Waals surface area (Å²) in [4.78, 5) is 14.4. The van der Waals surface area contributed by atoms with E-state index in [-0.39, 0.29) is 0 Å². The third kappa shape index (κ3) is 8.36. The van der Waals surface area contributed by atoms with Crippen molar-refractivity contribution in [1.82, 2.24) is 15.6 Å². The van der Waals surface area contributed by atoms with Crippen LogP contribution in [0.5, 0.6) is 0 Å². The van der Waals surface area contributed by atoms with Crippen molar-refractivity contribution in [3.05, 3.63) is 95.8 Å². The molecule has 0 fully saturated rings. The number of guanidine groups is 1. The number of nitrogens with zero attached hydrogens (tertiary/aromatic N) is 3. The first-order chi connectivity index (χ1) is 14.6. The summed E-state index contributed by atoms with van der Waals surface area (Å²) in [5.41, 5.74) is 7.99. The van der Waals surface area contributed by atoms with E-state index in [1.807, 2.05) is 31.2 Å². The standard InChI is InChI=1S/C23H28N6S/c1-4-18(17-26-5-2)9-12-22(29-23(24)25-3)28-19-7-6-8-20(11-10-19)30-21-13-15-27-16-14-21/h4-6,8,10-17,28H,2,7,9H2,1,3H3,(H3,24,25,29)/b18-4-,22-12-,26-17?. The molecule has 0 amide bonds. The molecule has 1 aromatic rings. The molecular formula is C23H28N6S. The predicted octanol–water partition coefficient (Wildman–Crippen LogP) is 4.42. The Morgan fingerprint density at radius 3 is 2.83 bits per heavy atom. The van der Waals surface area contributed by atoms with Gasteiger partial charge in [-0.25, -0.2) is 0 Å². The number of hydrogen-bond acceptors (Lipinski definition) is 5. The van der Waals surface area contributed by atoms with Crippen molar-refractivity contribution >= 4 is 23.9 Å². The largest absolute Gasteiger partial charge is 0.370 e. The lowest BCUT2D eigenvalue weighted by atomic mass is 10.2. The number of nitrogens with two attached hydrogens (primary N) is 1. The van der Waals surface area contributed by atoms with Crippen LogP contribution in [0.3, 0.4) is 0 Å². The van der Waals surface area contributed by atoms with Crippen molar-refractivity contribution in [3.8, 4) is 0 Å². The number of nitrogens with one attached hydrogen (secondary N) is 2. The van der Waals surface area contributed by atoms with Crippen LogP contribution in [-0.4, -0.2) is 24.2 Å². The minimum Gasteiger partial charge on any atom is -0.370 e. The van der Waals surface area contributed by atoms with E-state index in [4.69, 9.17) is 5.73 Å². The van der Waals surface area contributed by atoms with Gasteiger partial charge in [-0.05, 0) is 49.3 Å². The summed E-state index contributed by atoms with van der Waals surface area (Å²) in [5.74, 6) is 1.10. The molecule has 2 rings (SSSR count).